The van der Waals surface area contributed by atoms with Gasteiger partial charge in [0.05, 0.1) is 29.6 Å². The maximum Gasteiger partial charge on any atom is 0.410 e. The molecule has 1 saturated heterocycles. The zero-order valence-corrected chi connectivity index (χ0v) is 26.3. The van der Waals surface area contributed by atoms with Gasteiger partial charge in [-0.25, -0.2) is 9.59 Å². The van der Waals surface area contributed by atoms with Gasteiger partial charge >= 0.3 is 12.1 Å². The molecule has 5 rings (SSSR count). The fraction of sp³-hybridized carbons (Fsp3) is 0.314. The molecule has 2 atom stereocenters. The molecule has 3 aromatic carbocycles. The van der Waals surface area contributed by atoms with E-state index in [1.807, 2.05) is 65.0 Å². The molecule has 2 aliphatic rings. The summed E-state index contributed by atoms with van der Waals surface area (Å²) in [6.45, 7) is 10.1. The van der Waals surface area contributed by atoms with Gasteiger partial charge in [0.25, 0.3) is 11.8 Å². The third kappa shape index (κ3) is 6.69. The minimum Gasteiger partial charge on any atom is -0.465 e. The van der Waals surface area contributed by atoms with E-state index < -0.39 is 11.6 Å². The topological polar surface area (TPSA) is 117 Å². The molecule has 0 bridgehead atoms. The molecule has 10 heteroatoms. The molecule has 3 amide bonds. The lowest BCUT2D eigenvalue weighted by molar-refractivity contribution is -0.110. The van der Waals surface area contributed by atoms with Crippen LogP contribution in [0.3, 0.4) is 0 Å². The van der Waals surface area contributed by atoms with Crippen LogP contribution in [0.5, 0.6) is 0 Å². The number of piperazine rings is 1. The second-order valence-electron chi connectivity index (χ2n) is 12.3. The highest BCUT2D eigenvalue weighted by atomic mass is 16.6. The molecule has 0 aliphatic carbocycles. The molecule has 2 N–H and O–H groups in total. The molecule has 10 nitrogen and oxygen atoms in total. The Morgan fingerprint density at radius 3 is 2.11 bits per heavy atom. The van der Waals surface area contributed by atoms with Crippen molar-refractivity contribution in [2.75, 3.05) is 30.8 Å². The summed E-state index contributed by atoms with van der Waals surface area (Å²) in [6.07, 6.45) is -0.379. The molecule has 0 unspecified atom stereocenters. The number of carbonyl (C=O) groups is 4. The van der Waals surface area contributed by atoms with Gasteiger partial charge in [-0.2, -0.15) is 0 Å². The number of hydrogen-bond donors (Lipinski definition) is 2. The van der Waals surface area contributed by atoms with Crippen molar-refractivity contribution in [3.8, 4) is 0 Å². The second-order valence-corrected chi connectivity index (χ2v) is 12.3. The molecule has 0 aromatic heterocycles. The van der Waals surface area contributed by atoms with Crippen LogP contribution in [0.4, 0.5) is 16.2 Å². The van der Waals surface area contributed by atoms with Gasteiger partial charge in [-0.3, -0.25) is 9.59 Å². The summed E-state index contributed by atoms with van der Waals surface area (Å²) >= 11 is 0. The number of benzene rings is 3. The number of anilines is 2. The van der Waals surface area contributed by atoms with E-state index >= 15 is 0 Å². The number of fused-ring (bicyclic) bond motifs is 1. The Morgan fingerprint density at radius 1 is 0.844 bits per heavy atom. The molecule has 45 heavy (non-hydrogen) atoms. The normalized spacial score (nSPS) is 18.9. The van der Waals surface area contributed by atoms with Gasteiger partial charge in [0.1, 0.15) is 5.60 Å². The highest BCUT2D eigenvalue weighted by Gasteiger charge is 2.37. The lowest BCUT2D eigenvalue weighted by Crippen LogP contribution is -2.60. The van der Waals surface area contributed by atoms with E-state index in [9.17, 15) is 19.2 Å². The summed E-state index contributed by atoms with van der Waals surface area (Å²) in [4.78, 5) is 55.1. The lowest BCUT2D eigenvalue weighted by atomic mass is 9.99. The first-order valence-electron chi connectivity index (χ1n) is 14.9. The summed E-state index contributed by atoms with van der Waals surface area (Å²) in [5, 5.41) is 6.26. The van der Waals surface area contributed by atoms with E-state index in [4.69, 9.17) is 9.47 Å². The fourth-order valence-electron chi connectivity index (χ4n) is 5.54. The van der Waals surface area contributed by atoms with Crippen LogP contribution < -0.4 is 10.6 Å². The summed E-state index contributed by atoms with van der Waals surface area (Å²) in [7, 11) is 1.31. The second kappa shape index (κ2) is 12.5. The van der Waals surface area contributed by atoms with Crippen molar-refractivity contribution in [1.82, 2.24) is 9.80 Å². The van der Waals surface area contributed by atoms with Gasteiger partial charge in [-0.05, 0) is 76.6 Å². The van der Waals surface area contributed by atoms with E-state index in [0.29, 0.717) is 52.4 Å². The number of carbonyl (C=O) groups excluding carboxylic acids is 4. The van der Waals surface area contributed by atoms with Gasteiger partial charge in [-0.1, -0.05) is 36.4 Å². The summed E-state index contributed by atoms with van der Waals surface area (Å²) in [6, 6.07) is 21.1. The number of nitrogens with zero attached hydrogens (tertiary/aromatic N) is 2. The lowest BCUT2D eigenvalue weighted by Gasteiger charge is -2.44. The van der Waals surface area contributed by atoms with Crippen LogP contribution in [-0.4, -0.2) is 71.6 Å². The number of hydrogen-bond acceptors (Lipinski definition) is 7. The van der Waals surface area contributed by atoms with Crippen molar-refractivity contribution in [2.24, 2.45) is 0 Å². The predicted molar refractivity (Wildman–Crippen MR) is 173 cm³/mol. The van der Waals surface area contributed by atoms with Crippen LogP contribution in [0.1, 0.15) is 66.5 Å². The molecule has 234 valence electrons. The van der Waals surface area contributed by atoms with Crippen LogP contribution in [-0.2, 0) is 14.3 Å². The number of esters is 1. The molecule has 2 heterocycles. The van der Waals surface area contributed by atoms with E-state index in [1.165, 1.54) is 7.11 Å². The Kier molecular flexibility index (Phi) is 8.68. The van der Waals surface area contributed by atoms with Gasteiger partial charge in [-0.15, -0.1) is 0 Å². The summed E-state index contributed by atoms with van der Waals surface area (Å²) in [5.41, 5.74) is 3.90. The Bertz CT molecular complexity index is 1660. The average molecular weight is 611 g/mol. The molecule has 0 saturated carbocycles. The molecule has 2 aliphatic heterocycles. The van der Waals surface area contributed by atoms with Crippen molar-refractivity contribution in [2.45, 2.75) is 52.3 Å². The van der Waals surface area contributed by atoms with E-state index in [1.54, 1.807) is 52.3 Å². The van der Waals surface area contributed by atoms with Crippen LogP contribution in [0, 0.1) is 0 Å². The number of methoxy groups -OCH3 is 1. The largest absolute Gasteiger partial charge is 0.465 e. The molecule has 0 spiro atoms. The van der Waals surface area contributed by atoms with Crippen LogP contribution >= 0.6 is 0 Å². The number of ether oxygens (including phenoxy) is 2. The Hall–Kier alpha value is -5.12. The average Bonchev–Trinajstić information content (AvgIpc) is 3.34. The highest BCUT2D eigenvalue weighted by molar-refractivity contribution is 6.37. The molecule has 0 radical (unpaired) electrons. The first-order chi connectivity index (χ1) is 21.4. The standard InChI is InChI=1S/C35H38N4O6/c1-21-20-39(34(43)45-35(3,4)5)22(2)19-38(21)32(41)24-12-15-26(16-13-24)36-30(23-10-8-7-9-11-23)29-27-17-14-25(33(42)44-6)18-28(27)37-31(29)40/h7-18,21-22,36H,19-20H2,1-6H3,(H,37,40)/b30-29-/t21-,22+/m1/s1. The van der Waals surface area contributed by atoms with Crippen molar-refractivity contribution in [3.63, 3.8) is 0 Å². The maximum absolute atomic E-state index is 13.6. The van der Waals surface area contributed by atoms with Crippen molar-refractivity contribution in [1.29, 1.82) is 0 Å². The third-order valence-corrected chi connectivity index (χ3v) is 7.77. The Morgan fingerprint density at radius 2 is 1.47 bits per heavy atom. The SMILES string of the molecule is COC(=O)c1ccc2c(c1)NC(=O)/C2=C(\Nc1ccc(C(=O)N2C[C@H](C)N(C(=O)OC(C)(C)C)C[C@H]2C)cc1)c1ccccc1. The van der Waals surface area contributed by atoms with Crippen LogP contribution in [0.25, 0.3) is 11.3 Å². The zero-order valence-electron chi connectivity index (χ0n) is 26.3. The molecular weight excluding hydrogens is 572 g/mol. The Balaban J connectivity index is 1.38. The monoisotopic (exact) mass is 610 g/mol. The van der Waals surface area contributed by atoms with E-state index in [-0.39, 0.29) is 30.0 Å². The zero-order chi connectivity index (χ0) is 32.5. The number of nitrogens with one attached hydrogen (secondary N) is 2. The van der Waals surface area contributed by atoms with Gasteiger partial charge in [0.15, 0.2) is 0 Å². The minimum absolute atomic E-state index is 0.128. The molecular formula is C35H38N4O6. The smallest absolute Gasteiger partial charge is 0.410 e. The maximum atomic E-state index is 13.6. The van der Waals surface area contributed by atoms with E-state index in [2.05, 4.69) is 10.6 Å². The minimum atomic E-state index is -0.599. The summed E-state index contributed by atoms with van der Waals surface area (Å²) in [5.74, 6) is -0.926. The first kappa shape index (κ1) is 31.3. The fourth-order valence-corrected chi connectivity index (χ4v) is 5.54. The highest BCUT2D eigenvalue weighted by Crippen LogP contribution is 2.38. The number of amides is 3. The van der Waals surface area contributed by atoms with Crippen molar-refractivity contribution < 1.29 is 28.7 Å². The first-order valence-corrected chi connectivity index (χ1v) is 14.9. The predicted octanol–water partition coefficient (Wildman–Crippen LogP) is 5.88. The Labute approximate surface area is 263 Å². The van der Waals surface area contributed by atoms with Crippen LogP contribution in [0.2, 0.25) is 0 Å². The van der Waals surface area contributed by atoms with Gasteiger partial charge in [0, 0.05) is 42.0 Å². The van der Waals surface area contributed by atoms with Gasteiger partial charge < -0.3 is 29.9 Å². The van der Waals surface area contributed by atoms with E-state index in [0.717, 1.165) is 5.56 Å². The van der Waals surface area contributed by atoms with Crippen molar-refractivity contribution in [3.05, 3.63) is 95.1 Å². The third-order valence-electron chi connectivity index (χ3n) is 7.77. The van der Waals surface area contributed by atoms with Crippen molar-refractivity contribution >= 4 is 46.5 Å². The quantitative estimate of drug-likeness (QED) is 0.274. The number of rotatable bonds is 5. The summed E-state index contributed by atoms with van der Waals surface area (Å²) < 4.78 is 10.4. The molecule has 1 fully saturated rings. The van der Waals surface area contributed by atoms with Gasteiger partial charge in [0.2, 0.25) is 0 Å². The molecule has 3 aromatic rings. The van der Waals surface area contributed by atoms with Crippen LogP contribution in [0.15, 0.2) is 72.8 Å².